The fraction of sp³-hybridized carbons (Fsp3) is 0.385. The van der Waals surface area contributed by atoms with Gasteiger partial charge in [-0.2, -0.15) is 0 Å². The van der Waals surface area contributed by atoms with Crippen LogP contribution in [0, 0.1) is 0 Å². The van der Waals surface area contributed by atoms with Crippen LogP contribution in [0.2, 0.25) is 10.0 Å². The summed E-state index contributed by atoms with van der Waals surface area (Å²) in [5.41, 5.74) is 0.816. The summed E-state index contributed by atoms with van der Waals surface area (Å²) in [6.45, 7) is 0.112. The molecule has 0 bridgehead atoms. The summed E-state index contributed by atoms with van der Waals surface area (Å²) in [5.74, 6) is -1.53. The summed E-state index contributed by atoms with van der Waals surface area (Å²) in [7, 11) is 0. The van der Waals surface area contributed by atoms with Crippen LogP contribution in [-0.4, -0.2) is 34.7 Å². The lowest BCUT2D eigenvalue weighted by molar-refractivity contribution is -0.147. The number of benzene rings is 1. The van der Waals surface area contributed by atoms with Gasteiger partial charge in [0.25, 0.3) is 0 Å². The molecule has 1 atom stereocenters. The lowest BCUT2D eigenvalue weighted by atomic mass is 10.1. The van der Waals surface area contributed by atoms with Crippen molar-refractivity contribution in [3.63, 3.8) is 0 Å². The summed E-state index contributed by atoms with van der Waals surface area (Å²) in [5, 5.41) is 21.1. The van der Waals surface area contributed by atoms with Crippen LogP contribution in [0.1, 0.15) is 18.4 Å². The van der Waals surface area contributed by atoms with E-state index in [9.17, 15) is 9.59 Å². The van der Waals surface area contributed by atoms with E-state index in [4.69, 9.17) is 33.4 Å². The number of amides is 1. The highest BCUT2D eigenvalue weighted by atomic mass is 35.5. The molecule has 0 radical (unpaired) electrons. The summed E-state index contributed by atoms with van der Waals surface area (Å²) < 4.78 is 0. The van der Waals surface area contributed by atoms with Gasteiger partial charge in [-0.3, -0.25) is 4.79 Å². The minimum atomic E-state index is -1.46. The van der Waals surface area contributed by atoms with Gasteiger partial charge in [0.05, 0.1) is 0 Å². The van der Waals surface area contributed by atoms with E-state index in [1.807, 2.05) is 0 Å². The van der Waals surface area contributed by atoms with Crippen molar-refractivity contribution in [2.75, 3.05) is 6.54 Å². The Kier molecular flexibility index (Phi) is 6.78. The molecule has 5 nitrogen and oxygen atoms in total. The Morgan fingerprint density at radius 1 is 1.30 bits per heavy atom. The number of aliphatic hydroxyl groups excluding tert-OH is 1. The van der Waals surface area contributed by atoms with Crippen LogP contribution in [-0.2, 0) is 16.0 Å². The minimum Gasteiger partial charge on any atom is -0.479 e. The Morgan fingerprint density at radius 2 is 2.00 bits per heavy atom. The molecule has 0 aliphatic carbocycles. The van der Waals surface area contributed by atoms with E-state index in [1.54, 1.807) is 18.2 Å². The van der Waals surface area contributed by atoms with Gasteiger partial charge in [0.2, 0.25) is 5.91 Å². The molecular formula is C13H15Cl2NO4. The molecule has 1 amide bonds. The standard InChI is InChI=1S/C13H15Cl2NO4/c14-9-3-1-8(10(15)7-9)2-4-12(18)16-6-5-11(17)13(19)20/h1,3,7,11,17H,2,4-6H2,(H,16,18)(H,19,20)/t11-/m0/s1. The van der Waals surface area contributed by atoms with Crippen LogP contribution in [0.5, 0.6) is 0 Å². The lowest BCUT2D eigenvalue weighted by Gasteiger charge is -2.08. The first-order chi connectivity index (χ1) is 9.40. The normalized spacial score (nSPS) is 11.9. The SMILES string of the molecule is O=C(CCc1ccc(Cl)cc1Cl)NCC[C@H](O)C(=O)O. The number of hydrogen-bond acceptors (Lipinski definition) is 3. The van der Waals surface area contributed by atoms with Crippen molar-refractivity contribution in [1.82, 2.24) is 5.32 Å². The highest BCUT2D eigenvalue weighted by Gasteiger charge is 2.13. The quantitative estimate of drug-likeness (QED) is 0.716. The average molecular weight is 320 g/mol. The topological polar surface area (TPSA) is 86.6 Å². The first kappa shape index (κ1) is 16.8. The molecule has 0 saturated heterocycles. The van der Waals surface area contributed by atoms with E-state index in [0.717, 1.165) is 5.56 Å². The number of aliphatic hydroxyl groups is 1. The first-order valence-corrected chi connectivity index (χ1v) is 6.77. The fourth-order valence-electron chi connectivity index (χ4n) is 1.53. The molecule has 1 rings (SSSR count). The number of halogens is 2. The van der Waals surface area contributed by atoms with Gasteiger partial charge < -0.3 is 15.5 Å². The number of aliphatic carboxylic acids is 1. The molecule has 0 spiro atoms. The van der Waals surface area contributed by atoms with Crippen molar-refractivity contribution in [3.8, 4) is 0 Å². The molecule has 3 N–H and O–H groups in total. The van der Waals surface area contributed by atoms with Gasteiger partial charge >= 0.3 is 5.97 Å². The Labute approximate surface area is 126 Å². The molecule has 0 fully saturated rings. The van der Waals surface area contributed by atoms with E-state index < -0.39 is 12.1 Å². The number of carboxylic acid groups (broad SMARTS) is 1. The Morgan fingerprint density at radius 3 is 2.60 bits per heavy atom. The third kappa shape index (κ3) is 5.77. The van der Waals surface area contributed by atoms with Gasteiger partial charge in [0.15, 0.2) is 6.10 Å². The summed E-state index contributed by atoms with van der Waals surface area (Å²) in [6, 6.07) is 5.07. The first-order valence-electron chi connectivity index (χ1n) is 6.01. The van der Waals surface area contributed by atoms with Gasteiger partial charge in [-0.1, -0.05) is 29.3 Å². The third-order valence-corrected chi connectivity index (χ3v) is 3.25. The minimum absolute atomic E-state index is 0.0250. The molecule has 0 heterocycles. The number of hydrogen-bond donors (Lipinski definition) is 3. The second kappa shape index (κ2) is 8.09. The molecular weight excluding hydrogens is 305 g/mol. The smallest absolute Gasteiger partial charge is 0.332 e. The van der Waals surface area contributed by atoms with Crippen molar-refractivity contribution in [2.45, 2.75) is 25.4 Å². The summed E-state index contributed by atoms with van der Waals surface area (Å²) in [6.07, 6.45) is -0.794. The molecule has 110 valence electrons. The van der Waals surface area contributed by atoms with Gasteiger partial charge in [-0.25, -0.2) is 4.79 Å². The predicted octanol–water partition coefficient (Wildman–Crippen LogP) is 1.88. The van der Waals surface area contributed by atoms with E-state index in [1.165, 1.54) is 0 Å². The molecule has 20 heavy (non-hydrogen) atoms. The summed E-state index contributed by atoms with van der Waals surface area (Å²) >= 11 is 11.7. The van der Waals surface area contributed by atoms with Crippen molar-refractivity contribution in [2.24, 2.45) is 0 Å². The van der Waals surface area contributed by atoms with Crippen LogP contribution < -0.4 is 5.32 Å². The maximum atomic E-state index is 11.5. The number of rotatable bonds is 7. The molecule has 0 unspecified atom stereocenters. The average Bonchev–Trinajstić information content (AvgIpc) is 2.37. The highest BCUT2D eigenvalue weighted by molar-refractivity contribution is 6.35. The van der Waals surface area contributed by atoms with E-state index >= 15 is 0 Å². The zero-order chi connectivity index (χ0) is 15.1. The van der Waals surface area contributed by atoms with Gasteiger partial charge in [-0.15, -0.1) is 0 Å². The monoisotopic (exact) mass is 319 g/mol. The number of carbonyl (C=O) groups excluding carboxylic acids is 1. The number of carboxylic acids is 1. The van der Waals surface area contributed by atoms with Crippen LogP contribution >= 0.6 is 23.2 Å². The van der Waals surface area contributed by atoms with E-state index in [0.29, 0.717) is 16.5 Å². The molecule has 0 saturated carbocycles. The van der Waals surface area contributed by atoms with Crippen molar-refractivity contribution in [3.05, 3.63) is 33.8 Å². The molecule has 0 aliphatic rings. The maximum Gasteiger partial charge on any atom is 0.332 e. The third-order valence-electron chi connectivity index (χ3n) is 2.66. The number of nitrogens with one attached hydrogen (secondary N) is 1. The van der Waals surface area contributed by atoms with Crippen LogP contribution in [0.25, 0.3) is 0 Å². The lowest BCUT2D eigenvalue weighted by Crippen LogP contribution is -2.30. The molecule has 1 aromatic carbocycles. The van der Waals surface area contributed by atoms with E-state index in [-0.39, 0.29) is 25.3 Å². The van der Waals surface area contributed by atoms with E-state index in [2.05, 4.69) is 5.32 Å². The zero-order valence-electron chi connectivity index (χ0n) is 10.6. The molecule has 1 aromatic rings. The van der Waals surface area contributed by atoms with Crippen LogP contribution in [0.3, 0.4) is 0 Å². The Hall–Kier alpha value is -1.30. The molecule has 0 aromatic heterocycles. The molecule has 0 aliphatic heterocycles. The summed E-state index contributed by atoms with van der Waals surface area (Å²) in [4.78, 5) is 21.9. The van der Waals surface area contributed by atoms with Crippen molar-refractivity contribution >= 4 is 35.1 Å². The van der Waals surface area contributed by atoms with Crippen LogP contribution in [0.15, 0.2) is 18.2 Å². The fourth-order valence-corrected chi connectivity index (χ4v) is 2.04. The van der Waals surface area contributed by atoms with Crippen molar-refractivity contribution < 1.29 is 19.8 Å². The zero-order valence-corrected chi connectivity index (χ0v) is 12.1. The number of carbonyl (C=O) groups is 2. The Balaban J connectivity index is 2.31. The predicted molar refractivity (Wildman–Crippen MR) is 76.1 cm³/mol. The van der Waals surface area contributed by atoms with Gasteiger partial charge in [-0.05, 0) is 24.1 Å². The Bertz CT molecular complexity index is 493. The van der Waals surface area contributed by atoms with Gasteiger partial charge in [0.1, 0.15) is 0 Å². The maximum absolute atomic E-state index is 11.5. The number of aryl methyl sites for hydroxylation is 1. The second-order valence-corrected chi connectivity index (χ2v) is 5.07. The largest absolute Gasteiger partial charge is 0.479 e. The van der Waals surface area contributed by atoms with Gasteiger partial charge in [0, 0.05) is 29.4 Å². The van der Waals surface area contributed by atoms with Crippen LogP contribution in [0.4, 0.5) is 0 Å². The second-order valence-electron chi connectivity index (χ2n) is 4.23. The molecule has 7 heteroatoms. The highest BCUT2D eigenvalue weighted by Crippen LogP contribution is 2.21. The van der Waals surface area contributed by atoms with Crippen molar-refractivity contribution in [1.29, 1.82) is 0 Å².